The molecule has 3 aromatic carbocycles. The van der Waals surface area contributed by atoms with Gasteiger partial charge in [-0.1, -0.05) is 46.9 Å². The molecule has 0 fully saturated rings. The number of fused-ring (bicyclic) bond motifs is 3. The summed E-state index contributed by atoms with van der Waals surface area (Å²) in [4.78, 5) is 0. The third-order valence-electron chi connectivity index (χ3n) is 5.82. The maximum absolute atomic E-state index is 6.64. The summed E-state index contributed by atoms with van der Waals surface area (Å²) < 4.78 is 17.9. The van der Waals surface area contributed by atoms with Gasteiger partial charge in [0.25, 0.3) is 0 Å². The Bertz CT molecular complexity index is 1260. The minimum atomic E-state index is -0.511. The Hall–Kier alpha value is -2.60. The van der Waals surface area contributed by atoms with Crippen LogP contribution in [0.2, 0.25) is 15.1 Å². The fourth-order valence-electron chi connectivity index (χ4n) is 4.33. The van der Waals surface area contributed by atoms with Crippen LogP contribution >= 0.6 is 34.8 Å². The van der Waals surface area contributed by atoms with E-state index >= 15 is 0 Å². The molecule has 2 aliphatic heterocycles. The number of hydrogen-bond donors (Lipinski definition) is 0. The Morgan fingerprint density at radius 1 is 1.00 bits per heavy atom. The van der Waals surface area contributed by atoms with Crippen molar-refractivity contribution in [3.8, 4) is 17.2 Å². The highest BCUT2D eigenvalue weighted by molar-refractivity contribution is 6.32. The van der Waals surface area contributed by atoms with Crippen molar-refractivity contribution in [1.82, 2.24) is 5.01 Å². The Morgan fingerprint density at radius 3 is 2.44 bits per heavy atom. The van der Waals surface area contributed by atoms with Crippen molar-refractivity contribution in [2.75, 3.05) is 7.11 Å². The maximum Gasteiger partial charge on any atom is 0.214 e. The molecule has 5 rings (SSSR count). The molecule has 0 radical (unpaired) electrons. The van der Waals surface area contributed by atoms with Gasteiger partial charge in [-0.15, -0.1) is 0 Å². The highest BCUT2D eigenvalue weighted by Gasteiger charge is 2.41. The van der Waals surface area contributed by atoms with Gasteiger partial charge in [0.1, 0.15) is 5.75 Å². The summed E-state index contributed by atoms with van der Waals surface area (Å²) in [6.45, 7) is 3.88. The number of benzene rings is 3. The van der Waals surface area contributed by atoms with E-state index in [1.165, 1.54) is 0 Å². The van der Waals surface area contributed by atoms with Crippen molar-refractivity contribution in [2.24, 2.45) is 5.10 Å². The Morgan fingerprint density at radius 2 is 1.74 bits per heavy atom. The molecule has 0 saturated heterocycles. The van der Waals surface area contributed by atoms with E-state index in [9.17, 15) is 0 Å². The number of hydrogen-bond acceptors (Lipinski definition) is 5. The molecule has 2 heterocycles. The van der Waals surface area contributed by atoms with E-state index in [0.29, 0.717) is 33.0 Å². The molecule has 2 aliphatic rings. The summed E-state index contributed by atoms with van der Waals surface area (Å²) >= 11 is 19.1. The number of ether oxygens (including phenoxy) is 3. The molecule has 0 unspecified atom stereocenters. The lowest BCUT2D eigenvalue weighted by molar-refractivity contribution is -0.0191. The lowest BCUT2D eigenvalue weighted by atomic mass is 9.96. The third-order valence-corrected chi connectivity index (χ3v) is 6.59. The van der Waals surface area contributed by atoms with Gasteiger partial charge in [0, 0.05) is 27.6 Å². The molecule has 34 heavy (non-hydrogen) atoms. The molecule has 176 valence electrons. The topological polar surface area (TPSA) is 43.3 Å². The zero-order chi connectivity index (χ0) is 24.0. The Kier molecular flexibility index (Phi) is 6.28. The Labute approximate surface area is 213 Å². The first kappa shape index (κ1) is 23.2. The van der Waals surface area contributed by atoms with E-state index in [1.807, 2.05) is 73.5 Å². The predicted molar refractivity (Wildman–Crippen MR) is 136 cm³/mol. The van der Waals surface area contributed by atoms with E-state index in [1.54, 1.807) is 7.11 Å². The van der Waals surface area contributed by atoms with Crippen LogP contribution < -0.4 is 14.2 Å². The van der Waals surface area contributed by atoms with Crippen LogP contribution in [0.1, 0.15) is 49.2 Å². The largest absolute Gasteiger partial charge is 0.493 e. The van der Waals surface area contributed by atoms with Crippen LogP contribution in [0.4, 0.5) is 0 Å². The first-order valence-electron chi connectivity index (χ1n) is 11.0. The van der Waals surface area contributed by atoms with Crippen LogP contribution in [0.15, 0.2) is 59.7 Å². The third kappa shape index (κ3) is 4.28. The smallest absolute Gasteiger partial charge is 0.214 e. The van der Waals surface area contributed by atoms with Gasteiger partial charge < -0.3 is 14.2 Å². The second-order valence-electron chi connectivity index (χ2n) is 8.51. The molecule has 2 atom stereocenters. The second kappa shape index (κ2) is 9.21. The van der Waals surface area contributed by atoms with Crippen LogP contribution in [-0.2, 0) is 0 Å². The molecular weight excluding hydrogens is 495 g/mol. The fourth-order valence-corrected chi connectivity index (χ4v) is 4.90. The van der Waals surface area contributed by atoms with Crippen molar-refractivity contribution < 1.29 is 14.2 Å². The first-order chi connectivity index (χ1) is 16.3. The zero-order valence-electron chi connectivity index (χ0n) is 18.9. The molecular formula is C26H23Cl3N2O3. The normalized spacial score (nSPS) is 18.8. The molecule has 0 N–H and O–H groups in total. The number of rotatable bonds is 5. The summed E-state index contributed by atoms with van der Waals surface area (Å²) in [5, 5.41) is 8.73. The van der Waals surface area contributed by atoms with Gasteiger partial charge >= 0.3 is 0 Å². The maximum atomic E-state index is 6.64. The van der Waals surface area contributed by atoms with E-state index < -0.39 is 6.23 Å². The SMILES string of the molecule is COc1cc([C@@H]2Oc3ccc(Cl)cc3[C@H]3CC(c4ccc(Cl)cc4)=NN32)cc(Cl)c1OC(C)C. The summed E-state index contributed by atoms with van der Waals surface area (Å²) in [5.74, 6) is 1.81. The molecule has 8 heteroatoms. The van der Waals surface area contributed by atoms with Gasteiger partial charge in [-0.2, -0.15) is 5.10 Å². The second-order valence-corrected chi connectivity index (χ2v) is 9.79. The monoisotopic (exact) mass is 516 g/mol. The molecule has 0 amide bonds. The Balaban J connectivity index is 1.60. The molecule has 0 bridgehead atoms. The molecule has 0 saturated carbocycles. The van der Waals surface area contributed by atoms with Crippen LogP contribution in [0.25, 0.3) is 0 Å². The van der Waals surface area contributed by atoms with Gasteiger partial charge in [0.05, 0.1) is 30.0 Å². The number of halogens is 3. The van der Waals surface area contributed by atoms with E-state index in [-0.39, 0.29) is 12.1 Å². The van der Waals surface area contributed by atoms with Crippen LogP contribution in [-0.4, -0.2) is 23.9 Å². The van der Waals surface area contributed by atoms with Crippen molar-refractivity contribution in [1.29, 1.82) is 0 Å². The average Bonchev–Trinajstić information content (AvgIpc) is 3.26. The molecule has 5 nitrogen and oxygen atoms in total. The highest BCUT2D eigenvalue weighted by Crippen LogP contribution is 2.50. The van der Waals surface area contributed by atoms with Crippen LogP contribution in [0, 0.1) is 0 Å². The van der Waals surface area contributed by atoms with Crippen molar-refractivity contribution in [3.63, 3.8) is 0 Å². The van der Waals surface area contributed by atoms with Crippen molar-refractivity contribution in [3.05, 3.63) is 86.4 Å². The summed E-state index contributed by atoms with van der Waals surface area (Å²) in [7, 11) is 1.59. The van der Waals surface area contributed by atoms with Gasteiger partial charge in [-0.25, -0.2) is 5.01 Å². The van der Waals surface area contributed by atoms with Crippen molar-refractivity contribution in [2.45, 2.75) is 38.6 Å². The lowest BCUT2D eigenvalue weighted by Crippen LogP contribution is -2.33. The van der Waals surface area contributed by atoms with E-state index in [2.05, 4.69) is 0 Å². The van der Waals surface area contributed by atoms with Gasteiger partial charge in [0.15, 0.2) is 11.5 Å². The first-order valence-corrected chi connectivity index (χ1v) is 12.1. The van der Waals surface area contributed by atoms with Crippen molar-refractivity contribution >= 4 is 40.5 Å². The quantitative estimate of drug-likeness (QED) is 0.348. The van der Waals surface area contributed by atoms with Crippen LogP contribution in [0.5, 0.6) is 17.2 Å². The fraction of sp³-hybridized carbons (Fsp3) is 0.269. The van der Waals surface area contributed by atoms with Gasteiger partial charge in [-0.3, -0.25) is 0 Å². The molecule has 0 spiro atoms. The predicted octanol–water partition coefficient (Wildman–Crippen LogP) is 7.68. The van der Waals surface area contributed by atoms with Gasteiger partial charge in [-0.05, 0) is 61.9 Å². The molecule has 0 aliphatic carbocycles. The highest BCUT2D eigenvalue weighted by atomic mass is 35.5. The number of nitrogens with zero attached hydrogens (tertiary/aromatic N) is 2. The average molecular weight is 518 g/mol. The minimum Gasteiger partial charge on any atom is -0.493 e. The standard InChI is InChI=1S/C26H23Cl3N2O3/c1-14(2)33-25-20(29)10-16(11-24(25)32-3)26-31-22(19-12-18(28)8-9-23(19)34-26)13-21(30-31)15-4-6-17(27)7-5-15/h4-12,14,22,26H,13H2,1-3H3/t22-,26+/m1/s1. The van der Waals surface area contributed by atoms with E-state index in [0.717, 1.165) is 28.2 Å². The van der Waals surface area contributed by atoms with Crippen LogP contribution in [0.3, 0.4) is 0 Å². The summed E-state index contributed by atoms with van der Waals surface area (Å²) in [6, 6.07) is 17.1. The molecule has 3 aromatic rings. The van der Waals surface area contributed by atoms with E-state index in [4.69, 9.17) is 54.1 Å². The zero-order valence-corrected chi connectivity index (χ0v) is 21.2. The van der Waals surface area contributed by atoms with Gasteiger partial charge in [0.2, 0.25) is 6.23 Å². The summed E-state index contributed by atoms with van der Waals surface area (Å²) in [5.41, 5.74) is 3.76. The lowest BCUT2D eigenvalue weighted by Gasteiger charge is -2.38. The minimum absolute atomic E-state index is 0.0468. The number of methoxy groups -OCH3 is 1. The summed E-state index contributed by atoms with van der Waals surface area (Å²) in [6.07, 6.45) is 0.145. The number of hydrazone groups is 1. The molecule has 0 aromatic heterocycles.